The number of ether oxygens (including phenoxy) is 1. The predicted molar refractivity (Wildman–Crippen MR) is 99.6 cm³/mol. The van der Waals surface area contributed by atoms with E-state index in [1.165, 1.54) is 12.1 Å². The number of carbonyl (C=O) groups excluding carboxylic acids is 2. The molecule has 140 valence electrons. The lowest BCUT2D eigenvalue weighted by atomic mass is 9.92. The SMILES string of the molecule is O=C1[C@H]2C(C3=Cc4ccccc4OC3)=NO[C@H]2C(=O)N1c1ccc(F)c(Cl)c1. The summed E-state index contributed by atoms with van der Waals surface area (Å²) < 4.78 is 19.2. The number of hydrogen-bond acceptors (Lipinski definition) is 5. The van der Waals surface area contributed by atoms with Gasteiger partial charge in [0, 0.05) is 11.1 Å². The Balaban J connectivity index is 1.49. The minimum Gasteiger partial charge on any atom is -0.488 e. The molecule has 0 aliphatic carbocycles. The second kappa shape index (κ2) is 6.17. The lowest BCUT2D eigenvalue weighted by Gasteiger charge is -2.19. The summed E-state index contributed by atoms with van der Waals surface area (Å²) in [6, 6.07) is 11.2. The molecule has 2 amide bonds. The normalized spacial score (nSPS) is 22.9. The Morgan fingerprint density at radius 1 is 1.14 bits per heavy atom. The van der Waals surface area contributed by atoms with Crippen LogP contribution in [-0.2, 0) is 14.4 Å². The summed E-state index contributed by atoms with van der Waals surface area (Å²) in [7, 11) is 0. The number of benzene rings is 2. The van der Waals surface area contributed by atoms with Crippen LogP contribution in [-0.4, -0.2) is 30.2 Å². The quantitative estimate of drug-likeness (QED) is 0.728. The van der Waals surface area contributed by atoms with E-state index in [1.807, 2.05) is 30.3 Å². The summed E-state index contributed by atoms with van der Waals surface area (Å²) in [6.45, 7) is 0.215. The minimum atomic E-state index is -1.05. The third kappa shape index (κ3) is 2.43. The molecule has 3 aliphatic heterocycles. The molecule has 0 N–H and O–H groups in total. The van der Waals surface area contributed by atoms with Crippen molar-refractivity contribution in [2.45, 2.75) is 6.10 Å². The van der Waals surface area contributed by atoms with E-state index in [0.717, 1.165) is 22.3 Å². The maximum absolute atomic E-state index is 13.5. The Labute approximate surface area is 163 Å². The van der Waals surface area contributed by atoms with E-state index in [9.17, 15) is 14.0 Å². The number of hydrogen-bond donors (Lipinski definition) is 0. The van der Waals surface area contributed by atoms with Gasteiger partial charge < -0.3 is 9.57 Å². The standard InChI is InChI=1S/C20H12ClFN2O4/c21-13-8-12(5-6-14(13)22)24-19(25)16-17(23-28-18(16)20(24)26)11-7-10-3-1-2-4-15(10)27-9-11/h1-8,16,18H,9H2/t16-,18+/m0/s1. The van der Waals surface area contributed by atoms with Crippen molar-refractivity contribution in [3.8, 4) is 5.75 Å². The molecule has 8 heteroatoms. The van der Waals surface area contributed by atoms with Gasteiger partial charge in [0.05, 0.1) is 10.7 Å². The summed E-state index contributed by atoms with van der Waals surface area (Å²) in [5, 5.41) is 3.82. The Morgan fingerprint density at radius 2 is 1.96 bits per heavy atom. The van der Waals surface area contributed by atoms with Crippen LogP contribution in [0.3, 0.4) is 0 Å². The van der Waals surface area contributed by atoms with Crippen molar-refractivity contribution in [2.24, 2.45) is 11.1 Å². The molecule has 0 aromatic heterocycles. The average Bonchev–Trinajstić information content (AvgIpc) is 3.24. The van der Waals surface area contributed by atoms with Gasteiger partial charge >= 0.3 is 0 Å². The zero-order chi connectivity index (χ0) is 19.4. The molecule has 0 bridgehead atoms. The van der Waals surface area contributed by atoms with Crippen LogP contribution < -0.4 is 9.64 Å². The molecular formula is C20H12ClFN2O4. The fraction of sp³-hybridized carbons (Fsp3) is 0.150. The largest absolute Gasteiger partial charge is 0.488 e. The van der Waals surface area contributed by atoms with Gasteiger partial charge in [-0.15, -0.1) is 0 Å². The predicted octanol–water partition coefficient (Wildman–Crippen LogP) is 3.20. The van der Waals surface area contributed by atoms with Crippen molar-refractivity contribution in [2.75, 3.05) is 11.5 Å². The third-order valence-electron chi connectivity index (χ3n) is 4.93. The van der Waals surface area contributed by atoms with Crippen LogP contribution in [0.5, 0.6) is 5.75 Å². The van der Waals surface area contributed by atoms with Gasteiger partial charge in [0.25, 0.3) is 5.91 Å². The molecule has 0 saturated carbocycles. The molecule has 3 heterocycles. The molecule has 1 saturated heterocycles. The van der Waals surface area contributed by atoms with Crippen LogP contribution in [0.1, 0.15) is 5.56 Å². The molecule has 6 nitrogen and oxygen atoms in total. The number of anilines is 1. The number of carbonyl (C=O) groups is 2. The first-order chi connectivity index (χ1) is 13.5. The highest BCUT2D eigenvalue weighted by molar-refractivity contribution is 6.34. The second-order valence-electron chi connectivity index (χ2n) is 6.59. The van der Waals surface area contributed by atoms with E-state index in [-0.39, 0.29) is 17.3 Å². The zero-order valence-corrected chi connectivity index (χ0v) is 15.0. The fourth-order valence-corrected chi connectivity index (χ4v) is 3.76. The smallest absolute Gasteiger partial charge is 0.278 e. The van der Waals surface area contributed by atoms with Crippen molar-refractivity contribution < 1.29 is 23.6 Å². The highest BCUT2D eigenvalue weighted by Crippen LogP contribution is 2.38. The first-order valence-corrected chi connectivity index (χ1v) is 8.92. The third-order valence-corrected chi connectivity index (χ3v) is 5.22. The molecule has 1 fully saturated rings. The highest BCUT2D eigenvalue weighted by Gasteiger charge is 2.56. The Kier molecular flexibility index (Phi) is 3.73. The molecule has 2 aromatic carbocycles. The number of nitrogens with zero attached hydrogens (tertiary/aromatic N) is 2. The highest BCUT2D eigenvalue weighted by atomic mass is 35.5. The van der Waals surface area contributed by atoms with E-state index in [1.54, 1.807) is 0 Å². The lowest BCUT2D eigenvalue weighted by Crippen LogP contribution is -2.33. The molecule has 0 unspecified atom stereocenters. The summed E-state index contributed by atoms with van der Waals surface area (Å²) in [4.78, 5) is 32.0. The van der Waals surface area contributed by atoms with Crippen molar-refractivity contribution >= 4 is 40.9 Å². The number of amides is 2. The van der Waals surface area contributed by atoms with Gasteiger partial charge in [0.2, 0.25) is 12.0 Å². The maximum atomic E-state index is 13.5. The molecule has 0 spiro atoms. The zero-order valence-electron chi connectivity index (χ0n) is 14.3. The Hall–Kier alpha value is -3.19. The Bertz CT molecular complexity index is 1100. The average molecular weight is 399 g/mol. The van der Waals surface area contributed by atoms with Crippen LogP contribution in [0.15, 0.2) is 53.2 Å². The second-order valence-corrected chi connectivity index (χ2v) is 6.99. The van der Waals surface area contributed by atoms with Crippen molar-refractivity contribution in [1.82, 2.24) is 0 Å². The summed E-state index contributed by atoms with van der Waals surface area (Å²) >= 11 is 5.80. The number of oxime groups is 1. The van der Waals surface area contributed by atoms with Gasteiger partial charge in [-0.25, -0.2) is 9.29 Å². The van der Waals surface area contributed by atoms with Gasteiger partial charge in [-0.3, -0.25) is 9.59 Å². The van der Waals surface area contributed by atoms with Gasteiger partial charge in [-0.1, -0.05) is 35.0 Å². The molecule has 5 rings (SSSR count). The van der Waals surface area contributed by atoms with Crippen LogP contribution in [0.25, 0.3) is 6.08 Å². The first kappa shape index (κ1) is 16.9. The lowest BCUT2D eigenvalue weighted by molar-refractivity contribution is -0.126. The number of rotatable bonds is 2. The van der Waals surface area contributed by atoms with Crippen molar-refractivity contribution in [3.05, 3.63) is 64.4 Å². The molecule has 0 radical (unpaired) electrons. The van der Waals surface area contributed by atoms with Gasteiger partial charge in [-0.2, -0.15) is 0 Å². The number of imide groups is 1. The van der Waals surface area contributed by atoms with Crippen LogP contribution >= 0.6 is 11.6 Å². The molecular weight excluding hydrogens is 387 g/mol. The van der Waals surface area contributed by atoms with E-state index in [2.05, 4.69) is 5.16 Å². The van der Waals surface area contributed by atoms with Gasteiger partial charge in [-0.05, 0) is 30.3 Å². The fourth-order valence-electron chi connectivity index (χ4n) is 3.58. The molecule has 2 atom stereocenters. The van der Waals surface area contributed by atoms with Crippen LogP contribution in [0.4, 0.5) is 10.1 Å². The summed E-state index contributed by atoms with van der Waals surface area (Å²) in [6.07, 6.45) is 0.822. The molecule has 2 aromatic rings. The van der Waals surface area contributed by atoms with E-state index in [4.69, 9.17) is 21.2 Å². The van der Waals surface area contributed by atoms with Crippen LogP contribution in [0, 0.1) is 11.7 Å². The summed E-state index contributed by atoms with van der Waals surface area (Å²) in [5.74, 6) is -1.83. The van der Waals surface area contributed by atoms with Crippen molar-refractivity contribution in [3.63, 3.8) is 0 Å². The van der Waals surface area contributed by atoms with E-state index < -0.39 is 29.7 Å². The van der Waals surface area contributed by atoms with E-state index in [0.29, 0.717) is 11.3 Å². The maximum Gasteiger partial charge on any atom is 0.278 e. The van der Waals surface area contributed by atoms with Crippen LogP contribution in [0.2, 0.25) is 5.02 Å². The number of para-hydroxylation sites is 1. The topological polar surface area (TPSA) is 68.2 Å². The molecule has 3 aliphatic rings. The van der Waals surface area contributed by atoms with Gasteiger partial charge in [0.15, 0.2) is 0 Å². The van der Waals surface area contributed by atoms with Gasteiger partial charge in [0.1, 0.15) is 29.8 Å². The monoisotopic (exact) mass is 398 g/mol. The summed E-state index contributed by atoms with van der Waals surface area (Å²) in [5.41, 5.74) is 2.09. The van der Waals surface area contributed by atoms with E-state index >= 15 is 0 Å². The number of fused-ring (bicyclic) bond motifs is 2. The Morgan fingerprint density at radius 3 is 2.79 bits per heavy atom. The first-order valence-electron chi connectivity index (χ1n) is 8.54. The van der Waals surface area contributed by atoms with Crippen molar-refractivity contribution in [1.29, 1.82) is 0 Å². The molecule has 28 heavy (non-hydrogen) atoms. The number of halogens is 2. The minimum absolute atomic E-state index is 0.176.